The summed E-state index contributed by atoms with van der Waals surface area (Å²) in [5, 5.41) is 2.87. The quantitative estimate of drug-likeness (QED) is 0.797. The van der Waals surface area contributed by atoms with Gasteiger partial charge in [-0.25, -0.2) is 0 Å². The van der Waals surface area contributed by atoms with E-state index in [2.05, 4.69) is 49.3 Å². The van der Waals surface area contributed by atoms with Crippen LogP contribution in [0.1, 0.15) is 5.56 Å². The Morgan fingerprint density at radius 1 is 1.06 bits per heavy atom. The van der Waals surface area contributed by atoms with Crippen molar-refractivity contribution in [3.63, 3.8) is 0 Å². The Balaban J connectivity index is 2.19. The molecule has 0 atom stereocenters. The molecule has 1 aliphatic rings. The number of benzene rings is 2. The van der Waals surface area contributed by atoms with Crippen molar-refractivity contribution >= 4 is 43.5 Å². The van der Waals surface area contributed by atoms with E-state index >= 15 is 0 Å². The topological polar surface area (TPSA) is 29.1 Å². The highest BCUT2D eigenvalue weighted by Crippen LogP contribution is 2.35. The molecule has 0 saturated heterocycles. The molecule has 1 N–H and O–H groups in total. The average Bonchev–Trinajstić information content (AvgIpc) is 2.67. The van der Waals surface area contributed by atoms with Crippen LogP contribution >= 0.6 is 31.9 Å². The second kappa shape index (κ2) is 4.52. The Hall–Kier alpha value is -1.13. The van der Waals surface area contributed by atoms with Crippen LogP contribution in [0.4, 0.5) is 5.69 Å². The van der Waals surface area contributed by atoms with Gasteiger partial charge in [0.25, 0.3) is 0 Å². The molecule has 0 saturated carbocycles. The molecule has 18 heavy (non-hydrogen) atoms. The highest BCUT2D eigenvalue weighted by Gasteiger charge is 2.21. The summed E-state index contributed by atoms with van der Waals surface area (Å²) in [6, 6.07) is 12.1. The normalized spacial score (nSPS) is 13.3. The Morgan fingerprint density at radius 2 is 1.78 bits per heavy atom. The lowest BCUT2D eigenvalue weighted by molar-refractivity contribution is -0.115. The largest absolute Gasteiger partial charge is 0.326 e. The summed E-state index contributed by atoms with van der Waals surface area (Å²) in [5.41, 5.74) is 4.21. The molecule has 0 spiro atoms. The van der Waals surface area contributed by atoms with Crippen molar-refractivity contribution in [2.45, 2.75) is 6.42 Å². The van der Waals surface area contributed by atoms with Gasteiger partial charge in [0.15, 0.2) is 0 Å². The van der Waals surface area contributed by atoms with Crippen LogP contribution in [0.3, 0.4) is 0 Å². The number of hydrogen-bond donors (Lipinski definition) is 1. The number of anilines is 1. The Morgan fingerprint density at radius 3 is 2.50 bits per heavy atom. The Bertz CT molecular complexity index is 632. The Kier molecular flexibility index (Phi) is 2.99. The first-order chi connectivity index (χ1) is 8.63. The molecule has 0 radical (unpaired) electrons. The fourth-order valence-corrected chi connectivity index (χ4v) is 3.52. The van der Waals surface area contributed by atoms with Crippen molar-refractivity contribution in [3.8, 4) is 11.1 Å². The van der Waals surface area contributed by atoms with E-state index in [9.17, 15) is 4.79 Å². The van der Waals surface area contributed by atoms with Gasteiger partial charge in [-0.05, 0) is 41.0 Å². The van der Waals surface area contributed by atoms with Gasteiger partial charge in [-0.3, -0.25) is 4.79 Å². The van der Waals surface area contributed by atoms with Gasteiger partial charge < -0.3 is 5.32 Å². The van der Waals surface area contributed by atoms with Crippen molar-refractivity contribution in [2.24, 2.45) is 0 Å². The van der Waals surface area contributed by atoms with E-state index in [0.717, 1.165) is 31.3 Å². The summed E-state index contributed by atoms with van der Waals surface area (Å²) < 4.78 is 2.03. The van der Waals surface area contributed by atoms with E-state index in [4.69, 9.17) is 0 Å². The molecule has 2 nitrogen and oxygen atoms in total. The molecule has 0 aliphatic carbocycles. The van der Waals surface area contributed by atoms with E-state index in [0.29, 0.717) is 6.42 Å². The van der Waals surface area contributed by atoms with Crippen LogP contribution < -0.4 is 5.32 Å². The number of rotatable bonds is 1. The predicted octanol–water partition coefficient (Wildman–Crippen LogP) is 4.37. The van der Waals surface area contributed by atoms with Gasteiger partial charge in [-0.1, -0.05) is 44.0 Å². The molecule has 1 heterocycles. The first kappa shape index (κ1) is 11.9. The van der Waals surface area contributed by atoms with E-state index < -0.39 is 0 Å². The van der Waals surface area contributed by atoms with Crippen molar-refractivity contribution in [1.82, 2.24) is 0 Å². The summed E-state index contributed by atoms with van der Waals surface area (Å²) >= 11 is 6.98. The van der Waals surface area contributed by atoms with Gasteiger partial charge in [-0.15, -0.1) is 0 Å². The zero-order valence-electron chi connectivity index (χ0n) is 9.34. The van der Waals surface area contributed by atoms with Gasteiger partial charge >= 0.3 is 0 Å². The third kappa shape index (κ3) is 2.10. The Labute approximate surface area is 122 Å². The van der Waals surface area contributed by atoms with E-state index in [1.54, 1.807) is 0 Å². The second-order valence-corrected chi connectivity index (χ2v) is 6.05. The predicted molar refractivity (Wildman–Crippen MR) is 79.6 cm³/mol. The van der Waals surface area contributed by atoms with Crippen LogP contribution in [0.5, 0.6) is 0 Å². The maximum Gasteiger partial charge on any atom is 0.228 e. The minimum Gasteiger partial charge on any atom is -0.326 e. The van der Waals surface area contributed by atoms with Crippen molar-refractivity contribution in [2.75, 3.05) is 5.32 Å². The number of carbonyl (C=O) groups excluding carboxylic acids is 1. The molecule has 2 aromatic rings. The molecule has 0 bridgehead atoms. The standard InChI is InChI=1S/C14H9Br2NO/c15-9-4-8(5-10(16)6-9)11-2-1-3-13-12(11)7-14(18)17-13/h1-6H,7H2,(H,17,18). The van der Waals surface area contributed by atoms with E-state index in [1.165, 1.54) is 0 Å². The SMILES string of the molecule is O=C1Cc2c(cccc2-c2cc(Br)cc(Br)c2)N1. The molecule has 1 aliphatic heterocycles. The first-order valence-electron chi connectivity index (χ1n) is 5.52. The molecule has 0 fully saturated rings. The number of carbonyl (C=O) groups is 1. The van der Waals surface area contributed by atoms with Gasteiger partial charge in [0, 0.05) is 14.6 Å². The van der Waals surface area contributed by atoms with Crippen LogP contribution in [0.2, 0.25) is 0 Å². The summed E-state index contributed by atoms with van der Waals surface area (Å²) in [6.45, 7) is 0. The minimum atomic E-state index is 0.0616. The second-order valence-electron chi connectivity index (χ2n) is 4.21. The fraction of sp³-hybridized carbons (Fsp3) is 0.0714. The molecule has 90 valence electrons. The summed E-state index contributed by atoms with van der Waals surface area (Å²) in [5.74, 6) is 0.0616. The van der Waals surface area contributed by atoms with Crippen molar-refractivity contribution < 1.29 is 4.79 Å². The summed E-state index contributed by atoms with van der Waals surface area (Å²) in [4.78, 5) is 11.5. The lowest BCUT2D eigenvalue weighted by Gasteiger charge is -2.08. The monoisotopic (exact) mass is 365 g/mol. The molecule has 0 unspecified atom stereocenters. The number of hydrogen-bond acceptors (Lipinski definition) is 1. The van der Waals surface area contributed by atoms with E-state index in [1.807, 2.05) is 24.3 Å². The first-order valence-corrected chi connectivity index (χ1v) is 7.10. The average molecular weight is 367 g/mol. The molecule has 4 heteroatoms. The third-order valence-corrected chi connectivity index (χ3v) is 3.88. The maximum absolute atomic E-state index is 11.5. The van der Waals surface area contributed by atoms with Crippen LogP contribution in [-0.4, -0.2) is 5.91 Å². The number of nitrogens with one attached hydrogen (secondary N) is 1. The summed E-state index contributed by atoms with van der Waals surface area (Å²) in [7, 11) is 0. The van der Waals surface area contributed by atoms with Gasteiger partial charge in [-0.2, -0.15) is 0 Å². The summed E-state index contributed by atoms with van der Waals surface area (Å²) in [6.07, 6.45) is 0.454. The molecule has 3 rings (SSSR count). The smallest absolute Gasteiger partial charge is 0.228 e. The zero-order valence-corrected chi connectivity index (χ0v) is 12.5. The van der Waals surface area contributed by atoms with Crippen LogP contribution in [0.15, 0.2) is 45.3 Å². The molecular formula is C14H9Br2NO. The van der Waals surface area contributed by atoms with Crippen molar-refractivity contribution in [1.29, 1.82) is 0 Å². The lowest BCUT2D eigenvalue weighted by atomic mass is 9.98. The van der Waals surface area contributed by atoms with E-state index in [-0.39, 0.29) is 5.91 Å². The van der Waals surface area contributed by atoms with Crippen LogP contribution in [-0.2, 0) is 11.2 Å². The molecule has 0 aromatic heterocycles. The molecular weight excluding hydrogens is 358 g/mol. The minimum absolute atomic E-state index is 0.0616. The zero-order chi connectivity index (χ0) is 12.7. The van der Waals surface area contributed by atoms with Crippen LogP contribution in [0, 0.1) is 0 Å². The highest BCUT2D eigenvalue weighted by atomic mass is 79.9. The van der Waals surface area contributed by atoms with Gasteiger partial charge in [0.1, 0.15) is 0 Å². The molecule has 2 aromatic carbocycles. The van der Waals surface area contributed by atoms with Crippen LogP contribution in [0.25, 0.3) is 11.1 Å². The number of amides is 1. The van der Waals surface area contributed by atoms with Crippen molar-refractivity contribution in [3.05, 3.63) is 50.9 Å². The third-order valence-electron chi connectivity index (χ3n) is 2.96. The highest BCUT2D eigenvalue weighted by molar-refractivity contribution is 9.11. The number of fused-ring (bicyclic) bond motifs is 1. The fourth-order valence-electron chi connectivity index (χ4n) is 2.23. The van der Waals surface area contributed by atoms with Gasteiger partial charge in [0.05, 0.1) is 6.42 Å². The molecule has 1 amide bonds. The number of halogens is 2. The lowest BCUT2D eigenvalue weighted by Crippen LogP contribution is -2.03. The van der Waals surface area contributed by atoms with Gasteiger partial charge in [0.2, 0.25) is 5.91 Å². The maximum atomic E-state index is 11.5.